The number of hydrogen-bond acceptors (Lipinski definition) is 5. The van der Waals surface area contributed by atoms with Gasteiger partial charge in [0, 0.05) is 6.54 Å². The number of halogens is 1. The molecular weight excluding hydrogens is 275 g/mol. The fourth-order valence-corrected chi connectivity index (χ4v) is 1.88. The Hall–Kier alpha value is -2.70. The zero-order valence-corrected chi connectivity index (χ0v) is 11.7. The Kier molecular flexibility index (Phi) is 4.32. The Labute approximate surface area is 121 Å². The van der Waals surface area contributed by atoms with E-state index in [-0.39, 0.29) is 17.2 Å². The van der Waals surface area contributed by atoms with Crippen LogP contribution in [0, 0.1) is 22.9 Å². The van der Waals surface area contributed by atoms with E-state index in [1.807, 2.05) is 6.92 Å². The maximum Gasteiger partial charge on any atom is 0.276 e. The quantitative estimate of drug-likeness (QED) is 0.649. The number of nitrogens with one attached hydrogen (secondary N) is 2. The molecule has 0 saturated heterocycles. The summed E-state index contributed by atoms with van der Waals surface area (Å²) in [5.41, 5.74) is 0.832. The monoisotopic (exact) mass is 290 g/mol. The number of para-hydroxylation sites is 1. The molecule has 0 unspecified atom stereocenters. The van der Waals surface area contributed by atoms with Crippen LogP contribution in [0.15, 0.2) is 30.3 Å². The summed E-state index contributed by atoms with van der Waals surface area (Å²) in [6, 6.07) is 7.27. The van der Waals surface area contributed by atoms with Crippen LogP contribution in [0.4, 0.5) is 27.4 Å². The maximum absolute atomic E-state index is 13.8. The molecule has 0 radical (unpaired) electrons. The molecule has 6 nitrogen and oxygen atoms in total. The summed E-state index contributed by atoms with van der Waals surface area (Å²) in [6.07, 6.45) is 0. The van der Waals surface area contributed by atoms with Crippen LogP contribution in [0.3, 0.4) is 0 Å². The van der Waals surface area contributed by atoms with Crippen LogP contribution in [-0.4, -0.2) is 16.5 Å². The van der Waals surface area contributed by atoms with Crippen molar-refractivity contribution < 1.29 is 9.31 Å². The van der Waals surface area contributed by atoms with Gasteiger partial charge in [-0.05, 0) is 25.5 Å². The Morgan fingerprint density at radius 3 is 2.67 bits per heavy atom. The third-order valence-electron chi connectivity index (χ3n) is 2.85. The zero-order valence-electron chi connectivity index (χ0n) is 11.7. The molecule has 1 aromatic heterocycles. The molecule has 2 aromatic rings. The lowest BCUT2D eigenvalue weighted by atomic mass is 10.2. The van der Waals surface area contributed by atoms with E-state index in [0.717, 1.165) is 0 Å². The molecule has 0 saturated carbocycles. The number of rotatable bonds is 5. The molecule has 0 spiro atoms. The number of anilines is 3. The Bertz CT molecular complexity index is 656. The molecule has 0 aliphatic carbocycles. The van der Waals surface area contributed by atoms with Gasteiger partial charge in [0.1, 0.15) is 17.5 Å². The van der Waals surface area contributed by atoms with Crippen molar-refractivity contribution in [3.05, 3.63) is 51.8 Å². The Morgan fingerprint density at radius 2 is 2.05 bits per heavy atom. The van der Waals surface area contributed by atoms with E-state index in [0.29, 0.717) is 17.9 Å². The fourth-order valence-electron chi connectivity index (χ4n) is 1.88. The van der Waals surface area contributed by atoms with Crippen LogP contribution in [0.2, 0.25) is 0 Å². The molecule has 1 aromatic carbocycles. The summed E-state index contributed by atoms with van der Waals surface area (Å²) in [7, 11) is 0. The number of aryl methyl sites for hydroxylation is 1. The molecule has 110 valence electrons. The van der Waals surface area contributed by atoms with Crippen LogP contribution in [0.1, 0.15) is 12.5 Å². The summed E-state index contributed by atoms with van der Waals surface area (Å²) < 4.78 is 13.8. The van der Waals surface area contributed by atoms with Gasteiger partial charge in [0.25, 0.3) is 5.69 Å². The highest BCUT2D eigenvalue weighted by atomic mass is 19.1. The third-order valence-corrected chi connectivity index (χ3v) is 2.85. The van der Waals surface area contributed by atoms with Gasteiger partial charge >= 0.3 is 0 Å². The van der Waals surface area contributed by atoms with Gasteiger partial charge in [0.15, 0.2) is 0 Å². The van der Waals surface area contributed by atoms with E-state index in [1.165, 1.54) is 18.2 Å². The average Bonchev–Trinajstić information content (AvgIpc) is 2.43. The molecule has 0 atom stereocenters. The molecule has 2 rings (SSSR count). The Balaban J connectivity index is 2.41. The summed E-state index contributed by atoms with van der Waals surface area (Å²) >= 11 is 0. The highest BCUT2D eigenvalue weighted by Crippen LogP contribution is 2.26. The van der Waals surface area contributed by atoms with Gasteiger partial charge in [-0.15, -0.1) is 0 Å². The van der Waals surface area contributed by atoms with Gasteiger partial charge in [0.05, 0.1) is 22.7 Å². The van der Waals surface area contributed by atoms with Crippen LogP contribution >= 0.6 is 0 Å². The number of nitro groups is 1. The smallest absolute Gasteiger partial charge is 0.276 e. The normalized spacial score (nSPS) is 10.2. The van der Waals surface area contributed by atoms with E-state index < -0.39 is 10.7 Å². The second-order valence-corrected chi connectivity index (χ2v) is 4.44. The van der Waals surface area contributed by atoms with Gasteiger partial charge in [-0.25, -0.2) is 9.37 Å². The SMILES string of the molecule is CCNc1cc([N+](=O)[O-])cc(Nc2c(C)cccc2F)n1. The molecule has 0 amide bonds. The van der Waals surface area contributed by atoms with E-state index in [4.69, 9.17) is 0 Å². The van der Waals surface area contributed by atoms with Gasteiger partial charge in [-0.3, -0.25) is 10.1 Å². The van der Waals surface area contributed by atoms with Crippen molar-refractivity contribution in [2.24, 2.45) is 0 Å². The van der Waals surface area contributed by atoms with Crippen LogP contribution in [-0.2, 0) is 0 Å². The lowest BCUT2D eigenvalue weighted by Gasteiger charge is -2.11. The van der Waals surface area contributed by atoms with Gasteiger partial charge in [0.2, 0.25) is 0 Å². The predicted molar refractivity (Wildman–Crippen MR) is 79.5 cm³/mol. The summed E-state index contributed by atoms with van der Waals surface area (Å²) in [5, 5.41) is 16.7. The highest BCUT2D eigenvalue weighted by Gasteiger charge is 2.13. The van der Waals surface area contributed by atoms with Crippen LogP contribution in [0.5, 0.6) is 0 Å². The molecule has 7 heteroatoms. The highest BCUT2D eigenvalue weighted by molar-refractivity contribution is 5.65. The molecule has 0 aliphatic rings. The molecule has 1 heterocycles. The molecule has 0 aliphatic heterocycles. The molecule has 0 bridgehead atoms. The first-order valence-corrected chi connectivity index (χ1v) is 6.43. The van der Waals surface area contributed by atoms with Gasteiger partial charge in [-0.2, -0.15) is 0 Å². The second-order valence-electron chi connectivity index (χ2n) is 4.44. The largest absolute Gasteiger partial charge is 0.370 e. The minimum atomic E-state index is -0.512. The minimum absolute atomic E-state index is 0.113. The van der Waals surface area contributed by atoms with Crippen molar-refractivity contribution in [1.29, 1.82) is 0 Å². The average molecular weight is 290 g/mol. The first-order valence-electron chi connectivity index (χ1n) is 6.43. The van der Waals surface area contributed by atoms with Crippen molar-refractivity contribution >= 4 is 23.0 Å². The summed E-state index contributed by atoms with van der Waals surface area (Å²) in [4.78, 5) is 14.6. The van der Waals surface area contributed by atoms with Crippen molar-refractivity contribution in [2.75, 3.05) is 17.2 Å². The number of nitrogens with zero attached hydrogens (tertiary/aromatic N) is 2. The summed E-state index contributed by atoms with van der Waals surface area (Å²) in [6.45, 7) is 4.18. The van der Waals surface area contributed by atoms with Gasteiger partial charge in [-0.1, -0.05) is 12.1 Å². The topological polar surface area (TPSA) is 80.1 Å². The molecule has 21 heavy (non-hydrogen) atoms. The minimum Gasteiger partial charge on any atom is -0.370 e. The molecule has 0 fully saturated rings. The van der Waals surface area contributed by atoms with Crippen molar-refractivity contribution in [2.45, 2.75) is 13.8 Å². The maximum atomic E-state index is 13.8. The van der Waals surface area contributed by atoms with Crippen molar-refractivity contribution in [3.63, 3.8) is 0 Å². The van der Waals surface area contributed by atoms with Crippen molar-refractivity contribution in [1.82, 2.24) is 4.98 Å². The first-order chi connectivity index (χ1) is 10.0. The van der Waals surface area contributed by atoms with Gasteiger partial charge < -0.3 is 10.6 Å². The third kappa shape index (κ3) is 3.44. The number of hydrogen-bond donors (Lipinski definition) is 2. The number of aromatic nitrogens is 1. The lowest BCUT2D eigenvalue weighted by Crippen LogP contribution is -2.04. The van der Waals surface area contributed by atoms with Crippen LogP contribution < -0.4 is 10.6 Å². The zero-order chi connectivity index (χ0) is 15.4. The second kappa shape index (κ2) is 6.17. The Morgan fingerprint density at radius 1 is 1.33 bits per heavy atom. The predicted octanol–water partition coefficient (Wildman–Crippen LogP) is 3.61. The van der Waals surface area contributed by atoms with E-state index in [9.17, 15) is 14.5 Å². The first kappa shape index (κ1) is 14.7. The molecular formula is C14H15FN4O2. The van der Waals surface area contributed by atoms with E-state index in [2.05, 4.69) is 15.6 Å². The fraction of sp³-hybridized carbons (Fsp3) is 0.214. The standard InChI is InChI=1S/C14H15FN4O2/c1-3-16-12-7-10(19(20)21)8-13(17-12)18-14-9(2)5-4-6-11(14)15/h4-8H,3H2,1-2H3,(H2,16,17,18). The number of pyridine rings is 1. The van der Waals surface area contributed by atoms with Crippen molar-refractivity contribution in [3.8, 4) is 0 Å². The van der Waals surface area contributed by atoms with Crippen LogP contribution in [0.25, 0.3) is 0 Å². The van der Waals surface area contributed by atoms with E-state index in [1.54, 1.807) is 19.1 Å². The van der Waals surface area contributed by atoms with E-state index >= 15 is 0 Å². The molecule has 2 N–H and O–H groups in total. The number of benzene rings is 1. The lowest BCUT2D eigenvalue weighted by molar-refractivity contribution is -0.384. The summed E-state index contributed by atoms with van der Waals surface area (Å²) in [5.74, 6) is 0.143.